The third-order valence-corrected chi connectivity index (χ3v) is 3.63. The van der Waals surface area contributed by atoms with Crippen molar-refractivity contribution in [3.05, 3.63) is 58.6 Å². The smallest absolute Gasteiger partial charge is 0.279 e. The summed E-state index contributed by atoms with van der Waals surface area (Å²) in [5.41, 5.74) is 5.88. The SMILES string of the molecule is C[C@@H](Oc1ccc(Cl)cc1Cl)C(=O)NNC(=S)Nc1ccccc1. The fourth-order valence-electron chi connectivity index (χ4n) is 1.72. The normalized spacial score (nSPS) is 11.3. The Balaban J connectivity index is 1.82. The average Bonchev–Trinajstić information content (AvgIpc) is 2.56. The molecule has 0 saturated carbocycles. The first-order valence-corrected chi connectivity index (χ1v) is 8.15. The molecule has 0 aliphatic heterocycles. The second-order valence-electron chi connectivity index (χ2n) is 4.77. The van der Waals surface area contributed by atoms with E-state index in [1.54, 1.807) is 25.1 Å². The van der Waals surface area contributed by atoms with Crippen molar-refractivity contribution in [2.45, 2.75) is 13.0 Å². The molecular weight excluding hydrogens is 369 g/mol. The molecule has 0 fully saturated rings. The van der Waals surface area contributed by atoms with Gasteiger partial charge < -0.3 is 10.1 Å². The monoisotopic (exact) mass is 383 g/mol. The number of carbonyl (C=O) groups is 1. The first-order valence-electron chi connectivity index (χ1n) is 6.99. The first-order chi connectivity index (χ1) is 11.5. The van der Waals surface area contributed by atoms with Crippen molar-refractivity contribution in [1.82, 2.24) is 10.9 Å². The summed E-state index contributed by atoms with van der Waals surface area (Å²) >= 11 is 16.9. The van der Waals surface area contributed by atoms with E-state index in [-0.39, 0.29) is 5.11 Å². The largest absolute Gasteiger partial charge is 0.479 e. The minimum absolute atomic E-state index is 0.256. The number of ether oxygens (including phenoxy) is 1. The van der Waals surface area contributed by atoms with Crippen LogP contribution in [0, 0.1) is 0 Å². The molecular formula is C16H15Cl2N3O2S. The summed E-state index contributed by atoms with van der Waals surface area (Å²) in [6, 6.07) is 14.1. The Hall–Kier alpha value is -2.02. The molecule has 8 heteroatoms. The highest BCUT2D eigenvalue weighted by atomic mass is 35.5. The van der Waals surface area contributed by atoms with Gasteiger partial charge in [0.2, 0.25) is 0 Å². The molecule has 0 aromatic heterocycles. The first kappa shape index (κ1) is 18.3. The van der Waals surface area contributed by atoms with Crippen LogP contribution in [0.15, 0.2) is 48.5 Å². The molecule has 2 aromatic carbocycles. The van der Waals surface area contributed by atoms with Crippen molar-refractivity contribution < 1.29 is 9.53 Å². The quantitative estimate of drug-likeness (QED) is 0.553. The lowest BCUT2D eigenvalue weighted by Crippen LogP contribution is -2.48. The van der Waals surface area contributed by atoms with Crippen molar-refractivity contribution >= 4 is 52.1 Å². The van der Waals surface area contributed by atoms with E-state index in [1.165, 1.54) is 0 Å². The van der Waals surface area contributed by atoms with Gasteiger partial charge in [-0.3, -0.25) is 15.6 Å². The molecule has 0 saturated heterocycles. The molecule has 24 heavy (non-hydrogen) atoms. The maximum Gasteiger partial charge on any atom is 0.279 e. The number of hydrogen-bond donors (Lipinski definition) is 3. The molecule has 0 bridgehead atoms. The highest BCUT2D eigenvalue weighted by molar-refractivity contribution is 7.80. The summed E-state index contributed by atoms with van der Waals surface area (Å²) in [5.74, 6) is -0.0352. The number of anilines is 1. The van der Waals surface area contributed by atoms with Gasteiger partial charge in [0.25, 0.3) is 5.91 Å². The molecule has 0 aliphatic rings. The van der Waals surface area contributed by atoms with E-state index in [0.29, 0.717) is 15.8 Å². The Labute approximate surface area is 155 Å². The van der Waals surface area contributed by atoms with E-state index in [1.807, 2.05) is 30.3 Å². The second-order valence-corrected chi connectivity index (χ2v) is 6.02. The minimum Gasteiger partial charge on any atom is -0.479 e. The third-order valence-electron chi connectivity index (χ3n) is 2.90. The standard InChI is InChI=1S/C16H15Cl2N3O2S/c1-10(23-14-8-7-11(17)9-13(14)18)15(22)20-21-16(24)19-12-5-3-2-4-6-12/h2-10H,1H3,(H,20,22)(H2,19,21,24)/t10-/m1/s1. The summed E-state index contributed by atoms with van der Waals surface area (Å²) in [6.45, 7) is 1.59. The van der Waals surface area contributed by atoms with Gasteiger partial charge in [0.15, 0.2) is 11.2 Å². The zero-order chi connectivity index (χ0) is 17.5. The van der Waals surface area contributed by atoms with Crippen LogP contribution in [-0.2, 0) is 4.79 Å². The molecule has 1 atom stereocenters. The lowest BCUT2D eigenvalue weighted by Gasteiger charge is -2.17. The number of nitrogens with one attached hydrogen (secondary N) is 3. The van der Waals surface area contributed by atoms with Gasteiger partial charge in [-0.2, -0.15) is 0 Å². The molecule has 2 rings (SSSR count). The van der Waals surface area contributed by atoms with Gasteiger partial charge in [-0.1, -0.05) is 41.4 Å². The van der Waals surface area contributed by atoms with Crippen molar-refractivity contribution in [2.75, 3.05) is 5.32 Å². The van der Waals surface area contributed by atoms with Gasteiger partial charge in [0, 0.05) is 10.7 Å². The van der Waals surface area contributed by atoms with Crippen molar-refractivity contribution in [3.63, 3.8) is 0 Å². The fraction of sp³-hybridized carbons (Fsp3) is 0.125. The summed E-state index contributed by atoms with van der Waals surface area (Å²) < 4.78 is 5.51. The molecule has 126 valence electrons. The minimum atomic E-state index is -0.782. The number of halogens is 2. The maximum atomic E-state index is 12.0. The maximum absolute atomic E-state index is 12.0. The topological polar surface area (TPSA) is 62.4 Å². The van der Waals surface area contributed by atoms with Crippen LogP contribution in [0.2, 0.25) is 10.0 Å². The Bertz CT molecular complexity index is 729. The Kier molecular flexibility index (Phi) is 6.66. The third kappa shape index (κ3) is 5.56. The summed E-state index contributed by atoms with van der Waals surface area (Å²) in [5, 5.41) is 4.01. The van der Waals surface area contributed by atoms with Gasteiger partial charge in [-0.25, -0.2) is 0 Å². The number of hydrogen-bond acceptors (Lipinski definition) is 3. The number of hydrazine groups is 1. The van der Waals surface area contributed by atoms with Crippen molar-refractivity contribution in [3.8, 4) is 5.75 Å². The molecule has 5 nitrogen and oxygen atoms in total. The number of amides is 1. The average molecular weight is 384 g/mol. The molecule has 0 unspecified atom stereocenters. The zero-order valence-electron chi connectivity index (χ0n) is 12.7. The highest BCUT2D eigenvalue weighted by Gasteiger charge is 2.16. The van der Waals surface area contributed by atoms with Crippen LogP contribution in [0.4, 0.5) is 5.69 Å². The lowest BCUT2D eigenvalue weighted by atomic mass is 10.3. The molecule has 0 heterocycles. The lowest BCUT2D eigenvalue weighted by molar-refractivity contribution is -0.127. The van der Waals surface area contributed by atoms with E-state index < -0.39 is 12.0 Å². The Morgan fingerprint density at radius 3 is 2.50 bits per heavy atom. The van der Waals surface area contributed by atoms with Gasteiger partial charge in [0.05, 0.1) is 5.02 Å². The summed E-state index contributed by atoms with van der Waals surface area (Å²) in [6.07, 6.45) is -0.782. The van der Waals surface area contributed by atoms with Crippen molar-refractivity contribution in [1.29, 1.82) is 0 Å². The van der Waals surface area contributed by atoms with Crippen LogP contribution in [0.3, 0.4) is 0 Å². The molecule has 1 amide bonds. The van der Waals surface area contributed by atoms with E-state index in [4.69, 9.17) is 40.2 Å². The molecule has 0 radical (unpaired) electrons. The molecule has 0 aliphatic carbocycles. The fourth-order valence-corrected chi connectivity index (χ4v) is 2.34. The number of benzene rings is 2. The van der Waals surface area contributed by atoms with Crippen LogP contribution in [-0.4, -0.2) is 17.1 Å². The van der Waals surface area contributed by atoms with Gasteiger partial charge in [0.1, 0.15) is 5.75 Å². The summed E-state index contributed by atoms with van der Waals surface area (Å²) in [7, 11) is 0. The van der Waals surface area contributed by atoms with Gasteiger partial charge >= 0.3 is 0 Å². The van der Waals surface area contributed by atoms with Gasteiger partial charge in [-0.05, 0) is 49.5 Å². The molecule has 2 aromatic rings. The number of para-hydroxylation sites is 1. The molecule has 3 N–H and O–H groups in total. The van der Waals surface area contributed by atoms with E-state index in [2.05, 4.69) is 16.2 Å². The van der Waals surface area contributed by atoms with Crippen LogP contribution >= 0.6 is 35.4 Å². The summed E-state index contributed by atoms with van der Waals surface area (Å²) in [4.78, 5) is 12.0. The van der Waals surface area contributed by atoms with E-state index in [9.17, 15) is 4.79 Å². The number of thiocarbonyl (C=S) groups is 1. The van der Waals surface area contributed by atoms with E-state index >= 15 is 0 Å². The van der Waals surface area contributed by atoms with Crippen molar-refractivity contribution in [2.24, 2.45) is 0 Å². The van der Waals surface area contributed by atoms with E-state index in [0.717, 1.165) is 5.69 Å². The van der Waals surface area contributed by atoms with Crippen LogP contribution in [0.25, 0.3) is 0 Å². The zero-order valence-corrected chi connectivity index (χ0v) is 15.0. The number of rotatable bonds is 4. The van der Waals surface area contributed by atoms with Crippen LogP contribution in [0.5, 0.6) is 5.75 Å². The molecule has 0 spiro atoms. The second kappa shape index (κ2) is 8.73. The van der Waals surface area contributed by atoms with Gasteiger partial charge in [-0.15, -0.1) is 0 Å². The predicted octanol–water partition coefficient (Wildman–Crippen LogP) is 3.78. The van der Waals surface area contributed by atoms with Crippen LogP contribution in [0.1, 0.15) is 6.92 Å². The highest BCUT2D eigenvalue weighted by Crippen LogP contribution is 2.28. The Morgan fingerprint density at radius 2 is 1.83 bits per heavy atom. The Morgan fingerprint density at radius 1 is 1.12 bits per heavy atom. The van der Waals surface area contributed by atoms with Crippen LogP contribution < -0.4 is 20.9 Å². The number of carbonyl (C=O) groups excluding carboxylic acids is 1. The predicted molar refractivity (Wildman–Crippen MR) is 100 cm³/mol.